The zero-order valence-electron chi connectivity index (χ0n) is 11.6. The molecule has 0 radical (unpaired) electrons. The van der Waals surface area contributed by atoms with Crippen LogP contribution in [-0.4, -0.2) is 15.1 Å². The number of aryl methyl sites for hydroxylation is 1. The summed E-state index contributed by atoms with van der Waals surface area (Å²) in [6, 6.07) is 7.70. The van der Waals surface area contributed by atoms with Crippen molar-refractivity contribution in [3.8, 4) is 11.4 Å². The number of nitrogens with one attached hydrogen (secondary N) is 1. The van der Waals surface area contributed by atoms with Crippen LogP contribution in [0.1, 0.15) is 31.2 Å². The van der Waals surface area contributed by atoms with Crippen molar-refractivity contribution in [2.75, 3.05) is 0 Å². The maximum atomic E-state index is 12.1. The Morgan fingerprint density at radius 3 is 2.75 bits per heavy atom. The molecule has 0 unspecified atom stereocenters. The van der Waals surface area contributed by atoms with E-state index >= 15 is 0 Å². The van der Waals surface area contributed by atoms with Crippen molar-refractivity contribution >= 4 is 10.9 Å². The van der Waals surface area contributed by atoms with Crippen LogP contribution in [0.3, 0.4) is 0 Å². The molecule has 2 heterocycles. The number of rotatable bonds is 2. The van der Waals surface area contributed by atoms with Crippen LogP contribution in [0, 0.1) is 6.92 Å². The maximum absolute atomic E-state index is 12.1. The minimum absolute atomic E-state index is 0.137. The SMILES string of the molecule is Cc1ccc2cc(-c3noc(C(C)C)n3)c(=O)[nH]c2c1. The van der Waals surface area contributed by atoms with Gasteiger partial charge in [0.2, 0.25) is 11.7 Å². The van der Waals surface area contributed by atoms with Crippen LogP contribution in [-0.2, 0) is 0 Å². The van der Waals surface area contributed by atoms with E-state index in [0.717, 1.165) is 16.5 Å². The summed E-state index contributed by atoms with van der Waals surface area (Å²) in [6.45, 7) is 5.91. The Kier molecular flexibility index (Phi) is 2.89. The van der Waals surface area contributed by atoms with E-state index in [0.29, 0.717) is 17.3 Å². The highest BCUT2D eigenvalue weighted by molar-refractivity contribution is 5.82. The zero-order chi connectivity index (χ0) is 14.3. The average Bonchev–Trinajstić information content (AvgIpc) is 2.87. The molecule has 0 aliphatic carbocycles. The van der Waals surface area contributed by atoms with Gasteiger partial charge < -0.3 is 9.51 Å². The lowest BCUT2D eigenvalue weighted by Gasteiger charge is -2.01. The second-order valence-electron chi connectivity index (χ2n) is 5.21. The molecule has 0 amide bonds. The summed E-state index contributed by atoms with van der Waals surface area (Å²) < 4.78 is 5.15. The average molecular weight is 269 g/mol. The van der Waals surface area contributed by atoms with E-state index in [-0.39, 0.29) is 11.5 Å². The summed E-state index contributed by atoms with van der Waals surface area (Å²) in [5.74, 6) is 0.999. The molecule has 1 aromatic carbocycles. The van der Waals surface area contributed by atoms with Crippen molar-refractivity contribution in [2.45, 2.75) is 26.7 Å². The van der Waals surface area contributed by atoms with Crippen molar-refractivity contribution in [3.05, 3.63) is 46.1 Å². The molecule has 2 aromatic heterocycles. The van der Waals surface area contributed by atoms with Gasteiger partial charge >= 0.3 is 0 Å². The summed E-state index contributed by atoms with van der Waals surface area (Å²) in [5, 5.41) is 4.83. The number of fused-ring (bicyclic) bond motifs is 1. The lowest BCUT2D eigenvalue weighted by atomic mass is 10.1. The molecule has 0 aliphatic rings. The normalized spacial score (nSPS) is 11.4. The van der Waals surface area contributed by atoms with Gasteiger partial charge in [-0.2, -0.15) is 4.98 Å². The predicted molar refractivity (Wildman–Crippen MR) is 76.7 cm³/mol. The van der Waals surface area contributed by atoms with Gasteiger partial charge in [-0.25, -0.2) is 0 Å². The first-order valence-corrected chi connectivity index (χ1v) is 6.52. The molecule has 0 atom stereocenters. The largest absolute Gasteiger partial charge is 0.339 e. The highest BCUT2D eigenvalue weighted by Crippen LogP contribution is 2.20. The smallest absolute Gasteiger partial charge is 0.259 e. The van der Waals surface area contributed by atoms with Crippen LogP contribution in [0.4, 0.5) is 0 Å². The van der Waals surface area contributed by atoms with Crippen LogP contribution in [0.25, 0.3) is 22.3 Å². The third kappa shape index (κ3) is 2.11. The van der Waals surface area contributed by atoms with Gasteiger partial charge in [0.05, 0.1) is 5.56 Å². The Morgan fingerprint density at radius 1 is 1.25 bits per heavy atom. The van der Waals surface area contributed by atoms with Gasteiger partial charge in [0, 0.05) is 11.4 Å². The van der Waals surface area contributed by atoms with Crippen LogP contribution in [0.2, 0.25) is 0 Å². The fraction of sp³-hybridized carbons (Fsp3) is 0.267. The number of nitrogens with zero attached hydrogens (tertiary/aromatic N) is 2. The summed E-state index contributed by atoms with van der Waals surface area (Å²) in [4.78, 5) is 19.3. The van der Waals surface area contributed by atoms with Gasteiger partial charge in [0.25, 0.3) is 5.56 Å². The molecule has 0 spiro atoms. The second-order valence-corrected chi connectivity index (χ2v) is 5.21. The molecule has 0 saturated carbocycles. The summed E-state index contributed by atoms with van der Waals surface area (Å²) >= 11 is 0. The number of H-pyrrole nitrogens is 1. The van der Waals surface area contributed by atoms with Gasteiger partial charge in [-0.3, -0.25) is 4.79 Å². The molecule has 5 nitrogen and oxygen atoms in total. The number of pyridine rings is 1. The van der Waals surface area contributed by atoms with E-state index in [4.69, 9.17) is 4.52 Å². The van der Waals surface area contributed by atoms with Crippen LogP contribution < -0.4 is 5.56 Å². The molecular weight excluding hydrogens is 254 g/mol. The Balaban J connectivity index is 2.17. The number of aromatic nitrogens is 3. The molecule has 0 saturated heterocycles. The number of aromatic amines is 1. The standard InChI is InChI=1S/C15H15N3O2/c1-8(2)15-17-13(18-20-15)11-7-10-5-4-9(3)6-12(10)16-14(11)19/h4-8H,1-3H3,(H,16,19). The number of hydrogen-bond acceptors (Lipinski definition) is 4. The molecule has 1 N–H and O–H groups in total. The fourth-order valence-corrected chi connectivity index (χ4v) is 2.06. The van der Waals surface area contributed by atoms with Crippen molar-refractivity contribution < 1.29 is 4.52 Å². The minimum Gasteiger partial charge on any atom is -0.339 e. The van der Waals surface area contributed by atoms with Crippen molar-refractivity contribution in [1.82, 2.24) is 15.1 Å². The summed E-state index contributed by atoms with van der Waals surface area (Å²) in [6.07, 6.45) is 0. The third-order valence-electron chi connectivity index (χ3n) is 3.18. The van der Waals surface area contributed by atoms with Gasteiger partial charge in [0.1, 0.15) is 0 Å². The molecule has 102 valence electrons. The van der Waals surface area contributed by atoms with Gasteiger partial charge in [-0.1, -0.05) is 31.1 Å². The lowest BCUT2D eigenvalue weighted by Crippen LogP contribution is -2.09. The van der Waals surface area contributed by atoms with Crippen molar-refractivity contribution in [2.24, 2.45) is 0 Å². The molecule has 5 heteroatoms. The Labute approximate surface area is 115 Å². The van der Waals surface area contributed by atoms with E-state index in [1.165, 1.54) is 0 Å². The highest BCUT2D eigenvalue weighted by atomic mass is 16.5. The quantitative estimate of drug-likeness (QED) is 0.776. The second kappa shape index (κ2) is 4.59. The Hall–Kier alpha value is -2.43. The Morgan fingerprint density at radius 2 is 2.05 bits per heavy atom. The topological polar surface area (TPSA) is 71.8 Å². The van der Waals surface area contributed by atoms with E-state index in [9.17, 15) is 4.79 Å². The lowest BCUT2D eigenvalue weighted by molar-refractivity contribution is 0.365. The van der Waals surface area contributed by atoms with Gasteiger partial charge in [-0.15, -0.1) is 0 Å². The van der Waals surface area contributed by atoms with Crippen LogP contribution in [0.15, 0.2) is 33.6 Å². The van der Waals surface area contributed by atoms with E-state index < -0.39 is 0 Å². The van der Waals surface area contributed by atoms with E-state index in [1.807, 2.05) is 39.0 Å². The number of benzene rings is 1. The molecule has 20 heavy (non-hydrogen) atoms. The fourth-order valence-electron chi connectivity index (χ4n) is 2.06. The summed E-state index contributed by atoms with van der Waals surface area (Å²) in [7, 11) is 0. The Bertz CT molecular complexity index is 830. The zero-order valence-corrected chi connectivity index (χ0v) is 11.6. The van der Waals surface area contributed by atoms with Crippen molar-refractivity contribution in [3.63, 3.8) is 0 Å². The van der Waals surface area contributed by atoms with Gasteiger partial charge in [-0.05, 0) is 30.0 Å². The van der Waals surface area contributed by atoms with Crippen LogP contribution in [0.5, 0.6) is 0 Å². The van der Waals surface area contributed by atoms with E-state index in [1.54, 1.807) is 6.07 Å². The molecule has 3 aromatic rings. The summed E-state index contributed by atoms with van der Waals surface area (Å²) in [5.41, 5.74) is 2.13. The molecule has 0 fully saturated rings. The minimum atomic E-state index is -0.209. The highest BCUT2D eigenvalue weighted by Gasteiger charge is 2.14. The predicted octanol–water partition coefficient (Wildman–Crippen LogP) is 3.01. The van der Waals surface area contributed by atoms with E-state index in [2.05, 4.69) is 15.1 Å². The molecule has 0 bridgehead atoms. The number of hydrogen-bond donors (Lipinski definition) is 1. The molecule has 0 aliphatic heterocycles. The maximum Gasteiger partial charge on any atom is 0.259 e. The van der Waals surface area contributed by atoms with Crippen LogP contribution >= 0.6 is 0 Å². The molecular formula is C15H15N3O2. The molecule has 3 rings (SSSR count). The van der Waals surface area contributed by atoms with Crippen molar-refractivity contribution in [1.29, 1.82) is 0 Å². The first kappa shape index (κ1) is 12.6. The first-order chi connectivity index (χ1) is 9.54. The third-order valence-corrected chi connectivity index (χ3v) is 3.18. The first-order valence-electron chi connectivity index (χ1n) is 6.52. The van der Waals surface area contributed by atoms with Gasteiger partial charge in [0.15, 0.2) is 0 Å². The monoisotopic (exact) mass is 269 g/mol.